The lowest BCUT2D eigenvalue weighted by atomic mass is 10.0. The summed E-state index contributed by atoms with van der Waals surface area (Å²) in [6.07, 6.45) is 2.28. The second-order valence-corrected chi connectivity index (χ2v) is 5.51. The maximum Gasteiger partial charge on any atom is 0.116 e. The Hall–Kier alpha value is -0.630. The van der Waals surface area contributed by atoms with Crippen molar-refractivity contribution in [3.8, 4) is 6.07 Å². The fourth-order valence-electron chi connectivity index (χ4n) is 2.36. The first-order valence-electron chi connectivity index (χ1n) is 6.56. The monoisotopic (exact) mass is 238 g/mol. The molecule has 0 aromatic rings. The van der Waals surface area contributed by atoms with Gasteiger partial charge in [0.1, 0.15) is 5.54 Å². The zero-order valence-electron chi connectivity index (χ0n) is 11.7. The molecule has 0 radical (unpaired) electrons. The molecular formula is C13H26N4. The SMILES string of the molecule is CCCNC(C)(C#N)CN1CCC(N(C)C)C1. The van der Waals surface area contributed by atoms with E-state index in [0.29, 0.717) is 6.04 Å². The maximum atomic E-state index is 9.30. The van der Waals surface area contributed by atoms with Gasteiger partial charge in [-0.25, -0.2) is 0 Å². The van der Waals surface area contributed by atoms with E-state index in [-0.39, 0.29) is 0 Å². The molecular weight excluding hydrogens is 212 g/mol. The zero-order chi connectivity index (χ0) is 12.9. The largest absolute Gasteiger partial charge is 0.305 e. The summed E-state index contributed by atoms with van der Waals surface area (Å²) >= 11 is 0. The standard InChI is InChI=1S/C13H26N4/c1-5-7-15-13(2,10-14)11-17-8-6-12(9-17)16(3)4/h12,15H,5-9,11H2,1-4H3. The van der Waals surface area contributed by atoms with E-state index in [1.165, 1.54) is 6.42 Å². The third-order valence-electron chi connectivity index (χ3n) is 3.53. The van der Waals surface area contributed by atoms with E-state index >= 15 is 0 Å². The summed E-state index contributed by atoms with van der Waals surface area (Å²) in [6, 6.07) is 3.06. The van der Waals surface area contributed by atoms with Crippen LogP contribution in [0.4, 0.5) is 0 Å². The molecule has 1 saturated heterocycles. The van der Waals surface area contributed by atoms with E-state index in [0.717, 1.165) is 32.6 Å². The highest BCUT2D eigenvalue weighted by Gasteiger charge is 2.31. The van der Waals surface area contributed by atoms with Crippen LogP contribution in [-0.4, -0.2) is 61.7 Å². The number of likely N-dealkylation sites (tertiary alicyclic amines) is 1. The van der Waals surface area contributed by atoms with Crippen LogP contribution >= 0.6 is 0 Å². The Morgan fingerprint density at radius 3 is 2.71 bits per heavy atom. The number of nitriles is 1. The van der Waals surface area contributed by atoms with Gasteiger partial charge in [0.05, 0.1) is 6.07 Å². The number of hydrogen-bond donors (Lipinski definition) is 1. The summed E-state index contributed by atoms with van der Waals surface area (Å²) in [7, 11) is 4.26. The van der Waals surface area contributed by atoms with Crippen molar-refractivity contribution in [1.29, 1.82) is 5.26 Å². The molecule has 0 aromatic carbocycles. The first kappa shape index (κ1) is 14.4. The normalized spacial score (nSPS) is 24.8. The van der Waals surface area contributed by atoms with Crippen molar-refractivity contribution >= 4 is 0 Å². The molecule has 0 spiro atoms. The molecule has 0 bridgehead atoms. The average Bonchev–Trinajstić information content (AvgIpc) is 2.75. The van der Waals surface area contributed by atoms with Crippen molar-refractivity contribution in [2.45, 2.75) is 38.3 Å². The van der Waals surface area contributed by atoms with Gasteiger partial charge in [-0.15, -0.1) is 0 Å². The minimum Gasteiger partial charge on any atom is -0.305 e. The van der Waals surface area contributed by atoms with Gasteiger partial charge in [0.25, 0.3) is 0 Å². The third kappa shape index (κ3) is 4.27. The fraction of sp³-hybridized carbons (Fsp3) is 0.923. The van der Waals surface area contributed by atoms with E-state index in [1.54, 1.807) is 0 Å². The van der Waals surface area contributed by atoms with Crippen molar-refractivity contribution in [3.05, 3.63) is 0 Å². The quantitative estimate of drug-likeness (QED) is 0.747. The predicted molar refractivity (Wildman–Crippen MR) is 70.8 cm³/mol. The van der Waals surface area contributed by atoms with Gasteiger partial charge < -0.3 is 4.90 Å². The Kier molecular flexibility index (Phi) is 5.38. The molecule has 1 N–H and O–H groups in total. The van der Waals surface area contributed by atoms with E-state index in [1.807, 2.05) is 6.92 Å². The average molecular weight is 238 g/mol. The number of hydrogen-bond acceptors (Lipinski definition) is 4. The van der Waals surface area contributed by atoms with Gasteiger partial charge in [-0.2, -0.15) is 5.26 Å². The molecule has 1 fully saturated rings. The molecule has 2 unspecified atom stereocenters. The van der Waals surface area contributed by atoms with Crippen LogP contribution in [0.5, 0.6) is 0 Å². The van der Waals surface area contributed by atoms with Crippen molar-refractivity contribution in [1.82, 2.24) is 15.1 Å². The molecule has 0 aromatic heterocycles. The van der Waals surface area contributed by atoms with Gasteiger partial charge in [0, 0.05) is 19.1 Å². The molecule has 1 rings (SSSR count). The molecule has 4 heteroatoms. The van der Waals surface area contributed by atoms with Crippen LogP contribution in [0.3, 0.4) is 0 Å². The second-order valence-electron chi connectivity index (χ2n) is 5.51. The number of rotatable bonds is 6. The van der Waals surface area contributed by atoms with E-state index in [2.05, 4.69) is 42.2 Å². The number of likely N-dealkylation sites (N-methyl/N-ethyl adjacent to an activating group) is 1. The molecule has 0 aliphatic carbocycles. The highest BCUT2D eigenvalue weighted by molar-refractivity contribution is 5.06. The van der Waals surface area contributed by atoms with Crippen LogP contribution in [0, 0.1) is 11.3 Å². The van der Waals surface area contributed by atoms with Crippen LogP contribution in [0.1, 0.15) is 26.7 Å². The van der Waals surface area contributed by atoms with Crippen LogP contribution in [-0.2, 0) is 0 Å². The molecule has 0 amide bonds. The van der Waals surface area contributed by atoms with Gasteiger partial charge in [-0.3, -0.25) is 10.2 Å². The van der Waals surface area contributed by atoms with Crippen molar-refractivity contribution < 1.29 is 0 Å². The van der Waals surface area contributed by atoms with Gasteiger partial charge in [0.15, 0.2) is 0 Å². The highest BCUT2D eigenvalue weighted by atomic mass is 15.2. The van der Waals surface area contributed by atoms with Crippen molar-refractivity contribution in [2.24, 2.45) is 0 Å². The third-order valence-corrected chi connectivity index (χ3v) is 3.53. The van der Waals surface area contributed by atoms with Crippen LogP contribution < -0.4 is 5.32 Å². The van der Waals surface area contributed by atoms with Gasteiger partial charge in [0.2, 0.25) is 0 Å². The molecule has 4 nitrogen and oxygen atoms in total. The van der Waals surface area contributed by atoms with Gasteiger partial charge in [-0.1, -0.05) is 6.92 Å². The second kappa shape index (κ2) is 6.34. The lowest BCUT2D eigenvalue weighted by Crippen LogP contribution is -2.50. The molecule has 0 saturated carbocycles. The summed E-state index contributed by atoms with van der Waals surface area (Å²) in [5, 5.41) is 12.6. The molecule has 98 valence electrons. The van der Waals surface area contributed by atoms with Crippen LogP contribution in [0.25, 0.3) is 0 Å². The van der Waals surface area contributed by atoms with Crippen LogP contribution in [0.2, 0.25) is 0 Å². The Morgan fingerprint density at radius 1 is 1.53 bits per heavy atom. The van der Waals surface area contributed by atoms with E-state index < -0.39 is 5.54 Å². The minimum atomic E-state index is -0.406. The summed E-state index contributed by atoms with van der Waals surface area (Å²) in [6.45, 7) is 8.06. The highest BCUT2D eigenvalue weighted by Crippen LogP contribution is 2.16. The van der Waals surface area contributed by atoms with Crippen LogP contribution in [0.15, 0.2) is 0 Å². The summed E-state index contributed by atoms with van der Waals surface area (Å²) in [5.74, 6) is 0. The summed E-state index contributed by atoms with van der Waals surface area (Å²) in [4.78, 5) is 4.68. The first-order chi connectivity index (χ1) is 8.00. The molecule has 17 heavy (non-hydrogen) atoms. The molecule has 1 aliphatic heterocycles. The van der Waals surface area contributed by atoms with Gasteiger partial charge in [-0.05, 0) is 47.0 Å². The maximum absolute atomic E-state index is 9.30. The van der Waals surface area contributed by atoms with Crippen molar-refractivity contribution in [3.63, 3.8) is 0 Å². The Labute approximate surface area is 106 Å². The smallest absolute Gasteiger partial charge is 0.116 e. The lowest BCUT2D eigenvalue weighted by molar-refractivity contribution is 0.233. The van der Waals surface area contributed by atoms with Gasteiger partial charge >= 0.3 is 0 Å². The summed E-state index contributed by atoms with van der Waals surface area (Å²) in [5.41, 5.74) is -0.406. The Balaban J connectivity index is 2.45. The number of nitrogens with zero attached hydrogens (tertiary/aromatic N) is 3. The molecule has 1 heterocycles. The molecule has 1 aliphatic rings. The Bertz CT molecular complexity index is 271. The minimum absolute atomic E-state index is 0.406. The zero-order valence-corrected chi connectivity index (χ0v) is 11.7. The number of nitrogens with one attached hydrogen (secondary N) is 1. The molecule has 2 atom stereocenters. The first-order valence-corrected chi connectivity index (χ1v) is 6.56. The lowest BCUT2D eigenvalue weighted by Gasteiger charge is -2.29. The van der Waals surface area contributed by atoms with E-state index in [4.69, 9.17) is 0 Å². The topological polar surface area (TPSA) is 42.3 Å². The summed E-state index contributed by atoms with van der Waals surface area (Å²) < 4.78 is 0. The van der Waals surface area contributed by atoms with E-state index in [9.17, 15) is 5.26 Å². The fourth-order valence-corrected chi connectivity index (χ4v) is 2.36. The predicted octanol–water partition coefficient (Wildman–Crippen LogP) is 0.904. The Morgan fingerprint density at radius 2 is 2.24 bits per heavy atom. The van der Waals surface area contributed by atoms with Crippen molar-refractivity contribution in [2.75, 3.05) is 40.3 Å².